The standard InChI is InChI=1S/C21H27N5O3/c1-29-18(28)11-5-4-10-17(27)23-12-6-7-13-26-14-24-19-20(26)15-8-2-3-9-16(15)25-21(19)22/h2-3,8-9,14H,4-7,10-13H2,1H3,(H2,22,25)(H,23,27). The lowest BCUT2D eigenvalue weighted by Crippen LogP contribution is -2.24. The minimum atomic E-state index is -0.234. The molecule has 1 aromatic carbocycles. The first-order valence-corrected chi connectivity index (χ1v) is 9.92. The number of unbranched alkanes of at least 4 members (excludes halogenated alkanes) is 2. The number of amides is 1. The predicted octanol–water partition coefficient (Wildman–Crippen LogP) is 2.80. The molecule has 8 heteroatoms. The molecule has 1 amide bonds. The minimum absolute atomic E-state index is 0.0211. The highest BCUT2D eigenvalue weighted by Crippen LogP contribution is 2.27. The van der Waals surface area contributed by atoms with Crippen LogP contribution in [0.3, 0.4) is 0 Å². The Bertz CT molecular complexity index is 999. The minimum Gasteiger partial charge on any atom is -0.469 e. The van der Waals surface area contributed by atoms with Crippen molar-refractivity contribution in [3.05, 3.63) is 30.6 Å². The van der Waals surface area contributed by atoms with Gasteiger partial charge in [-0.3, -0.25) is 9.59 Å². The SMILES string of the molecule is COC(=O)CCCCC(=O)NCCCCn1cnc2c(N)nc3ccccc3c21. The van der Waals surface area contributed by atoms with Crippen molar-refractivity contribution in [1.29, 1.82) is 0 Å². The van der Waals surface area contributed by atoms with Gasteiger partial charge in [-0.05, 0) is 31.7 Å². The second-order valence-corrected chi connectivity index (χ2v) is 6.99. The van der Waals surface area contributed by atoms with Crippen molar-refractivity contribution in [1.82, 2.24) is 19.9 Å². The molecule has 2 heterocycles. The first kappa shape index (κ1) is 20.6. The number of esters is 1. The van der Waals surface area contributed by atoms with Crippen LogP contribution in [-0.4, -0.2) is 40.1 Å². The summed E-state index contributed by atoms with van der Waals surface area (Å²) < 4.78 is 6.68. The van der Waals surface area contributed by atoms with Crippen LogP contribution in [0.15, 0.2) is 30.6 Å². The Hall–Kier alpha value is -3.16. The number of ether oxygens (including phenoxy) is 1. The molecular formula is C21H27N5O3. The highest BCUT2D eigenvalue weighted by atomic mass is 16.5. The largest absolute Gasteiger partial charge is 0.469 e. The number of para-hydroxylation sites is 1. The number of pyridine rings is 1. The van der Waals surface area contributed by atoms with E-state index in [9.17, 15) is 9.59 Å². The van der Waals surface area contributed by atoms with Crippen LogP contribution in [0.4, 0.5) is 5.82 Å². The number of methoxy groups -OCH3 is 1. The maximum absolute atomic E-state index is 11.8. The van der Waals surface area contributed by atoms with E-state index in [4.69, 9.17) is 5.73 Å². The number of nitrogens with one attached hydrogen (secondary N) is 1. The first-order chi connectivity index (χ1) is 14.1. The van der Waals surface area contributed by atoms with E-state index >= 15 is 0 Å². The fourth-order valence-corrected chi connectivity index (χ4v) is 3.36. The van der Waals surface area contributed by atoms with Crippen LogP contribution in [0.25, 0.3) is 21.9 Å². The Labute approximate surface area is 169 Å². The number of aromatic nitrogens is 3. The van der Waals surface area contributed by atoms with Gasteiger partial charge < -0.3 is 20.4 Å². The number of nitrogen functional groups attached to an aromatic ring is 1. The summed E-state index contributed by atoms with van der Waals surface area (Å²) >= 11 is 0. The number of carbonyl (C=O) groups excluding carboxylic acids is 2. The van der Waals surface area contributed by atoms with E-state index in [0.29, 0.717) is 38.0 Å². The molecule has 3 N–H and O–H groups in total. The van der Waals surface area contributed by atoms with Crippen LogP contribution >= 0.6 is 0 Å². The highest BCUT2D eigenvalue weighted by molar-refractivity contribution is 6.06. The molecule has 154 valence electrons. The van der Waals surface area contributed by atoms with Crippen molar-refractivity contribution in [2.75, 3.05) is 19.4 Å². The van der Waals surface area contributed by atoms with E-state index < -0.39 is 0 Å². The topological polar surface area (TPSA) is 112 Å². The maximum atomic E-state index is 11.8. The molecule has 0 bridgehead atoms. The fraction of sp³-hybridized carbons (Fsp3) is 0.429. The summed E-state index contributed by atoms with van der Waals surface area (Å²) in [6.45, 7) is 1.42. The van der Waals surface area contributed by atoms with Crippen molar-refractivity contribution in [3.63, 3.8) is 0 Å². The van der Waals surface area contributed by atoms with Crippen LogP contribution in [0, 0.1) is 0 Å². The lowest BCUT2D eigenvalue weighted by molar-refractivity contribution is -0.140. The zero-order valence-electron chi connectivity index (χ0n) is 16.7. The van der Waals surface area contributed by atoms with Gasteiger partial charge in [-0.1, -0.05) is 18.2 Å². The third kappa shape index (κ3) is 5.22. The Morgan fingerprint density at radius 2 is 1.93 bits per heavy atom. The second-order valence-electron chi connectivity index (χ2n) is 6.99. The average Bonchev–Trinajstić information content (AvgIpc) is 3.16. The van der Waals surface area contributed by atoms with Gasteiger partial charge in [0.1, 0.15) is 5.52 Å². The molecule has 0 aliphatic heterocycles. The van der Waals surface area contributed by atoms with E-state index in [1.54, 1.807) is 6.33 Å². The number of anilines is 1. The Morgan fingerprint density at radius 3 is 2.76 bits per heavy atom. The van der Waals surface area contributed by atoms with Gasteiger partial charge >= 0.3 is 5.97 Å². The van der Waals surface area contributed by atoms with Gasteiger partial charge in [0.15, 0.2) is 5.82 Å². The molecule has 0 fully saturated rings. The van der Waals surface area contributed by atoms with Gasteiger partial charge in [0.25, 0.3) is 0 Å². The first-order valence-electron chi connectivity index (χ1n) is 9.92. The van der Waals surface area contributed by atoms with Gasteiger partial charge in [-0.15, -0.1) is 0 Å². The molecule has 0 saturated carbocycles. The molecule has 29 heavy (non-hydrogen) atoms. The summed E-state index contributed by atoms with van der Waals surface area (Å²) in [5, 5.41) is 3.97. The molecule has 8 nitrogen and oxygen atoms in total. The van der Waals surface area contributed by atoms with E-state index in [1.165, 1.54) is 7.11 Å². The number of rotatable bonds is 10. The lowest BCUT2D eigenvalue weighted by Gasteiger charge is -2.08. The van der Waals surface area contributed by atoms with Crippen molar-refractivity contribution < 1.29 is 14.3 Å². The molecule has 0 aliphatic carbocycles. The third-order valence-corrected chi connectivity index (χ3v) is 4.89. The van der Waals surface area contributed by atoms with E-state index in [0.717, 1.165) is 41.3 Å². The summed E-state index contributed by atoms with van der Waals surface area (Å²) in [7, 11) is 1.37. The van der Waals surface area contributed by atoms with Gasteiger partial charge in [-0.2, -0.15) is 0 Å². The Morgan fingerprint density at radius 1 is 1.14 bits per heavy atom. The van der Waals surface area contributed by atoms with Crippen LogP contribution < -0.4 is 11.1 Å². The number of aryl methyl sites for hydroxylation is 1. The molecular weight excluding hydrogens is 370 g/mol. The zero-order valence-corrected chi connectivity index (χ0v) is 16.7. The van der Waals surface area contributed by atoms with Crippen molar-refractivity contribution in [2.24, 2.45) is 0 Å². The normalized spacial score (nSPS) is 11.1. The van der Waals surface area contributed by atoms with Gasteiger partial charge in [0, 0.05) is 31.3 Å². The predicted molar refractivity (Wildman–Crippen MR) is 112 cm³/mol. The smallest absolute Gasteiger partial charge is 0.305 e. The molecule has 3 aromatic rings. The van der Waals surface area contributed by atoms with Crippen LogP contribution in [0.5, 0.6) is 0 Å². The molecule has 0 unspecified atom stereocenters. The number of hydrogen-bond donors (Lipinski definition) is 2. The van der Waals surface area contributed by atoms with Crippen LogP contribution in [0.1, 0.15) is 38.5 Å². The third-order valence-electron chi connectivity index (χ3n) is 4.89. The number of hydrogen-bond acceptors (Lipinski definition) is 6. The quantitative estimate of drug-likeness (QED) is 0.402. The molecule has 0 aliphatic rings. The van der Waals surface area contributed by atoms with Crippen molar-refractivity contribution >= 4 is 39.6 Å². The number of imidazole rings is 1. The maximum Gasteiger partial charge on any atom is 0.305 e. The molecule has 0 spiro atoms. The summed E-state index contributed by atoms with van der Waals surface area (Å²) in [5.41, 5.74) is 8.65. The van der Waals surface area contributed by atoms with Gasteiger partial charge in [-0.25, -0.2) is 9.97 Å². The summed E-state index contributed by atoms with van der Waals surface area (Å²) in [6.07, 6.45) is 5.72. The summed E-state index contributed by atoms with van der Waals surface area (Å²) in [4.78, 5) is 31.7. The van der Waals surface area contributed by atoms with Crippen molar-refractivity contribution in [2.45, 2.75) is 45.1 Å². The number of carbonyl (C=O) groups is 2. The second kappa shape index (κ2) is 9.86. The van der Waals surface area contributed by atoms with E-state index in [2.05, 4.69) is 24.6 Å². The Balaban J connectivity index is 1.45. The van der Waals surface area contributed by atoms with Gasteiger partial charge in [0.05, 0.1) is 24.5 Å². The molecule has 0 radical (unpaired) electrons. The molecule has 3 rings (SSSR count). The molecule has 0 saturated heterocycles. The molecule has 0 atom stereocenters. The van der Waals surface area contributed by atoms with E-state index in [-0.39, 0.29) is 11.9 Å². The van der Waals surface area contributed by atoms with Crippen LogP contribution in [0.2, 0.25) is 0 Å². The number of benzene rings is 1. The zero-order chi connectivity index (χ0) is 20.6. The van der Waals surface area contributed by atoms with Crippen molar-refractivity contribution in [3.8, 4) is 0 Å². The van der Waals surface area contributed by atoms with Crippen LogP contribution in [-0.2, 0) is 20.9 Å². The number of nitrogens with two attached hydrogens (primary N) is 1. The summed E-state index contributed by atoms with van der Waals surface area (Å²) in [5.74, 6) is 0.229. The highest BCUT2D eigenvalue weighted by Gasteiger charge is 2.11. The fourth-order valence-electron chi connectivity index (χ4n) is 3.36. The number of nitrogens with zero attached hydrogens (tertiary/aromatic N) is 3. The number of fused-ring (bicyclic) bond motifs is 3. The average molecular weight is 397 g/mol. The molecule has 2 aromatic heterocycles. The lowest BCUT2D eigenvalue weighted by atomic mass is 10.2. The Kier molecular flexibility index (Phi) is 6.99. The van der Waals surface area contributed by atoms with E-state index in [1.807, 2.05) is 24.3 Å². The monoisotopic (exact) mass is 397 g/mol. The van der Waals surface area contributed by atoms with Gasteiger partial charge in [0.2, 0.25) is 5.91 Å². The summed E-state index contributed by atoms with van der Waals surface area (Å²) in [6, 6.07) is 7.91.